The van der Waals surface area contributed by atoms with Gasteiger partial charge in [-0.1, -0.05) is 6.07 Å². The van der Waals surface area contributed by atoms with Gasteiger partial charge in [0.25, 0.3) is 0 Å². The maximum absolute atomic E-state index is 11.1. The molecule has 0 aliphatic heterocycles. The highest BCUT2D eigenvalue weighted by Crippen LogP contribution is 2.47. The molecule has 2 fully saturated rings. The van der Waals surface area contributed by atoms with E-state index in [1.54, 1.807) is 12.1 Å². The van der Waals surface area contributed by atoms with Crippen LogP contribution in [0.25, 0.3) is 0 Å². The fourth-order valence-corrected chi connectivity index (χ4v) is 3.46. The highest BCUT2D eigenvalue weighted by molar-refractivity contribution is 5.88. The van der Waals surface area contributed by atoms with Gasteiger partial charge in [0.1, 0.15) is 0 Å². The monoisotopic (exact) mass is 321 g/mol. The summed E-state index contributed by atoms with van der Waals surface area (Å²) in [5.74, 6) is 0.608. The number of carboxylic acid groups (broad SMARTS) is 1. The van der Waals surface area contributed by atoms with Gasteiger partial charge in [0.15, 0.2) is 0 Å². The Kier molecular flexibility index (Phi) is 3.60. The molecule has 0 spiro atoms. The van der Waals surface area contributed by atoms with E-state index in [0.29, 0.717) is 5.56 Å². The molecule has 2 aromatic carbocycles. The minimum absolute atomic E-state index is 0.343. The zero-order chi connectivity index (χ0) is 16.8. The Bertz CT molecular complexity index is 773. The van der Waals surface area contributed by atoms with Crippen molar-refractivity contribution in [3.63, 3.8) is 0 Å². The summed E-state index contributed by atoms with van der Waals surface area (Å²) in [4.78, 5) is 13.3. The van der Waals surface area contributed by atoms with Gasteiger partial charge in [0.2, 0.25) is 0 Å². The van der Waals surface area contributed by atoms with Crippen LogP contribution in [-0.4, -0.2) is 18.1 Å². The van der Waals surface area contributed by atoms with E-state index in [1.807, 2.05) is 13.0 Å². The van der Waals surface area contributed by atoms with Gasteiger partial charge in [-0.3, -0.25) is 0 Å². The van der Waals surface area contributed by atoms with Crippen LogP contribution in [-0.2, 0) is 0 Å². The summed E-state index contributed by atoms with van der Waals surface area (Å²) in [6.07, 6.45) is 5.24. The largest absolute Gasteiger partial charge is 0.478 e. The van der Waals surface area contributed by atoms with Gasteiger partial charge >= 0.3 is 5.97 Å². The second-order valence-electron chi connectivity index (χ2n) is 7.27. The molecular formula is C21H23NO2. The van der Waals surface area contributed by atoms with Gasteiger partial charge in [-0.15, -0.1) is 0 Å². The Morgan fingerprint density at radius 2 is 1.58 bits per heavy atom. The third-order valence-corrected chi connectivity index (χ3v) is 5.25. The molecule has 2 aliphatic rings. The van der Waals surface area contributed by atoms with E-state index < -0.39 is 5.97 Å². The molecule has 0 unspecified atom stereocenters. The summed E-state index contributed by atoms with van der Waals surface area (Å²) in [5.41, 5.74) is 6.56. The summed E-state index contributed by atoms with van der Waals surface area (Å²) in [7, 11) is 2.07. The van der Waals surface area contributed by atoms with Gasteiger partial charge in [-0.2, -0.15) is 0 Å². The van der Waals surface area contributed by atoms with Crippen LogP contribution >= 0.6 is 0 Å². The maximum atomic E-state index is 11.1. The molecule has 124 valence electrons. The Balaban J connectivity index is 1.71. The van der Waals surface area contributed by atoms with Crippen molar-refractivity contribution in [1.29, 1.82) is 0 Å². The first-order valence-corrected chi connectivity index (χ1v) is 8.75. The van der Waals surface area contributed by atoms with Crippen molar-refractivity contribution in [2.24, 2.45) is 0 Å². The first kappa shape index (κ1) is 15.3. The average Bonchev–Trinajstić information content (AvgIpc) is 3.46. The van der Waals surface area contributed by atoms with E-state index in [-0.39, 0.29) is 0 Å². The van der Waals surface area contributed by atoms with Crippen LogP contribution in [0.4, 0.5) is 11.4 Å². The summed E-state index contributed by atoms with van der Waals surface area (Å²) < 4.78 is 0. The lowest BCUT2D eigenvalue weighted by atomic mass is 10.0. The van der Waals surface area contributed by atoms with Crippen LogP contribution in [0.1, 0.15) is 64.6 Å². The predicted molar refractivity (Wildman–Crippen MR) is 96.6 cm³/mol. The van der Waals surface area contributed by atoms with Crippen molar-refractivity contribution >= 4 is 17.3 Å². The second kappa shape index (κ2) is 5.66. The molecule has 0 bridgehead atoms. The van der Waals surface area contributed by atoms with Crippen molar-refractivity contribution in [1.82, 2.24) is 0 Å². The molecule has 3 nitrogen and oxygen atoms in total. The third-order valence-electron chi connectivity index (χ3n) is 5.25. The zero-order valence-corrected chi connectivity index (χ0v) is 14.2. The molecular weight excluding hydrogens is 298 g/mol. The number of carboxylic acids is 1. The summed E-state index contributed by atoms with van der Waals surface area (Å²) in [6.45, 7) is 1.98. The van der Waals surface area contributed by atoms with E-state index in [2.05, 4.69) is 30.1 Å². The number of hydrogen-bond acceptors (Lipinski definition) is 2. The number of nitrogens with zero attached hydrogens (tertiary/aromatic N) is 1. The van der Waals surface area contributed by atoms with Crippen molar-refractivity contribution in [2.45, 2.75) is 44.4 Å². The molecule has 0 saturated heterocycles. The lowest BCUT2D eigenvalue weighted by Crippen LogP contribution is -2.12. The van der Waals surface area contributed by atoms with E-state index in [0.717, 1.165) is 23.1 Å². The Morgan fingerprint density at radius 1 is 1.00 bits per heavy atom. The Hall–Kier alpha value is -2.29. The number of anilines is 2. The number of aryl methyl sites for hydroxylation is 1. The Labute approximate surface area is 142 Å². The van der Waals surface area contributed by atoms with Crippen LogP contribution < -0.4 is 4.90 Å². The van der Waals surface area contributed by atoms with E-state index in [9.17, 15) is 4.79 Å². The van der Waals surface area contributed by atoms with Crippen molar-refractivity contribution < 1.29 is 9.90 Å². The third kappa shape index (κ3) is 2.91. The molecule has 24 heavy (non-hydrogen) atoms. The number of rotatable bonds is 5. The molecule has 0 amide bonds. The average molecular weight is 321 g/mol. The summed E-state index contributed by atoms with van der Waals surface area (Å²) in [6, 6.07) is 12.4. The predicted octanol–water partition coefficient (Wildman–Crippen LogP) is 5.22. The second-order valence-corrected chi connectivity index (χ2v) is 7.27. The number of hydrogen-bond donors (Lipinski definition) is 1. The molecule has 0 radical (unpaired) electrons. The van der Waals surface area contributed by atoms with Gasteiger partial charge < -0.3 is 10.0 Å². The summed E-state index contributed by atoms with van der Waals surface area (Å²) in [5, 5.41) is 9.15. The first-order valence-electron chi connectivity index (χ1n) is 8.75. The van der Waals surface area contributed by atoms with Crippen LogP contribution in [0, 0.1) is 6.92 Å². The van der Waals surface area contributed by atoms with E-state index >= 15 is 0 Å². The van der Waals surface area contributed by atoms with Gasteiger partial charge in [0, 0.05) is 18.4 Å². The van der Waals surface area contributed by atoms with Crippen LogP contribution in [0.15, 0.2) is 36.4 Å². The maximum Gasteiger partial charge on any atom is 0.335 e. The number of carbonyl (C=O) groups is 1. The number of aromatic carboxylic acids is 1. The molecule has 1 N–H and O–H groups in total. The highest BCUT2D eigenvalue weighted by Gasteiger charge is 2.29. The van der Waals surface area contributed by atoms with Crippen LogP contribution in [0.3, 0.4) is 0 Å². The molecule has 4 rings (SSSR count). The van der Waals surface area contributed by atoms with E-state index in [1.165, 1.54) is 42.5 Å². The van der Waals surface area contributed by atoms with Gasteiger partial charge in [0.05, 0.1) is 5.56 Å². The van der Waals surface area contributed by atoms with Crippen LogP contribution in [0.5, 0.6) is 0 Å². The zero-order valence-electron chi connectivity index (χ0n) is 14.2. The minimum Gasteiger partial charge on any atom is -0.478 e. The first-order chi connectivity index (χ1) is 11.5. The fraction of sp³-hybridized carbons (Fsp3) is 0.381. The topological polar surface area (TPSA) is 40.5 Å². The molecule has 2 saturated carbocycles. The molecule has 0 atom stereocenters. The van der Waals surface area contributed by atoms with Crippen molar-refractivity contribution in [3.05, 3.63) is 58.7 Å². The minimum atomic E-state index is -0.876. The molecule has 0 heterocycles. The van der Waals surface area contributed by atoms with Crippen molar-refractivity contribution in [3.8, 4) is 0 Å². The Morgan fingerprint density at radius 3 is 2.04 bits per heavy atom. The molecule has 0 aromatic heterocycles. The molecule has 3 heteroatoms. The molecule has 2 aliphatic carbocycles. The van der Waals surface area contributed by atoms with E-state index in [4.69, 9.17) is 5.11 Å². The lowest BCUT2D eigenvalue weighted by Gasteiger charge is -2.23. The normalized spacial score (nSPS) is 16.9. The fourth-order valence-electron chi connectivity index (χ4n) is 3.46. The van der Waals surface area contributed by atoms with Crippen LogP contribution in [0.2, 0.25) is 0 Å². The van der Waals surface area contributed by atoms with Gasteiger partial charge in [-0.25, -0.2) is 4.79 Å². The standard InChI is InChI=1S/C21H23NO2/c1-13-9-16(21(23)24)7-8-20(13)22(2)19-11-17(14-3-4-14)10-18(12-19)15-5-6-15/h7-12,14-15H,3-6H2,1-2H3,(H,23,24). The molecule has 2 aromatic rings. The summed E-state index contributed by atoms with van der Waals surface area (Å²) >= 11 is 0. The van der Waals surface area contributed by atoms with Gasteiger partial charge in [-0.05, 0) is 91.5 Å². The SMILES string of the molecule is Cc1cc(C(=O)O)ccc1N(C)c1cc(C2CC2)cc(C2CC2)c1. The highest BCUT2D eigenvalue weighted by atomic mass is 16.4. The smallest absolute Gasteiger partial charge is 0.335 e. The lowest BCUT2D eigenvalue weighted by molar-refractivity contribution is 0.0697. The quantitative estimate of drug-likeness (QED) is 0.821. The number of benzene rings is 2. The van der Waals surface area contributed by atoms with Crippen molar-refractivity contribution in [2.75, 3.05) is 11.9 Å².